The smallest absolute Gasteiger partial charge is 0.235 e. The Morgan fingerprint density at radius 3 is 2.34 bits per heavy atom. The van der Waals surface area contributed by atoms with Crippen molar-refractivity contribution < 1.29 is 34.2 Å². The van der Waals surface area contributed by atoms with Crippen molar-refractivity contribution in [3.63, 3.8) is 0 Å². The van der Waals surface area contributed by atoms with Crippen LogP contribution in [0.25, 0.3) is 0 Å². The zero-order chi connectivity index (χ0) is 31.5. The Kier molecular flexibility index (Phi) is 7.82. The average molecular weight is 601 g/mol. The lowest BCUT2D eigenvalue weighted by molar-refractivity contribution is -0.182. The average Bonchev–Trinajstić information content (AvgIpc) is 2.97. The van der Waals surface area contributed by atoms with Gasteiger partial charge in [0.25, 0.3) is 0 Å². The Morgan fingerprint density at radius 2 is 1.70 bits per heavy atom. The minimum absolute atomic E-state index is 0.0758. The highest BCUT2D eigenvalue weighted by atomic mass is 16.3. The second kappa shape index (κ2) is 11.3. The number of phenols is 1. The van der Waals surface area contributed by atoms with Crippen LogP contribution in [0.1, 0.15) is 60.2 Å². The molecule has 1 saturated heterocycles. The number of likely N-dealkylation sites (tertiary alicyclic amines) is 1. The van der Waals surface area contributed by atoms with Crippen LogP contribution in [0.3, 0.4) is 0 Å². The van der Waals surface area contributed by atoms with Crippen molar-refractivity contribution in [2.24, 2.45) is 47.2 Å². The van der Waals surface area contributed by atoms with Crippen molar-refractivity contribution in [2.45, 2.75) is 58.1 Å². The maximum Gasteiger partial charge on any atom is 0.235 e. The molecule has 2 unspecified atom stereocenters. The van der Waals surface area contributed by atoms with Gasteiger partial charge in [-0.1, -0.05) is 50.2 Å². The van der Waals surface area contributed by atoms with Crippen molar-refractivity contribution in [1.29, 1.82) is 0 Å². The Labute approximate surface area is 256 Å². The lowest BCUT2D eigenvalue weighted by Crippen LogP contribution is -2.71. The molecule has 6 atom stereocenters. The van der Waals surface area contributed by atoms with E-state index in [1.54, 1.807) is 13.8 Å². The van der Waals surface area contributed by atoms with E-state index in [0.29, 0.717) is 17.9 Å². The van der Waals surface area contributed by atoms with E-state index in [-0.39, 0.29) is 23.7 Å². The van der Waals surface area contributed by atoms with Gasteiger partial charge in [0.15, 0.2) is 34.7 Å². The van der Waals surface area contributed by atoms with E-state index in [2.05, 4.69) is 17.0 Å². The summed E-state index contributed by atoms with van der Waals surface area (Å²) in [5.74, 6) is -10.8. The molecule has 232 valence electrons. The number of aromatic hydroxyl groups is 1. The van der Waals surface area contributed by atoms with Gasteiger partial charge in [0.2, 0.25) is 5.91 Å². The van der Waals surface area contributed by atoms with Gasteiger partial charge in [-0.25, -0.2) is 0 Å². The first kappa shape index (κ1) is 30.3. The second-order valence-corrected chi connectivity index (χ2v) is 13.7. The number of primary amides is 1. The standard InChI is InChI=1S/C35H40N2O7/c1-18(2)26-24-16-22-15-23-21(14-19-10-12-37(13-11-19)17-20-6-4-3-5-7-20)8-9-25(38)28(23)31(40)27(22)32(41)35(24,44)33(42)29(30(26)39)34(36)43/h3-9,18-19,22,24,26-27,29,38,44H,10-17H2,1-2H3,(H2,36,43)/t22-,24-,26-,27?,29?,35-/m0/s1. The van der Waals surface area contributed by atoms with E-state index in [1.165, 1.54) is 11.6 Å². The fourth-order valence-corrected chi connectivity index (χ4v) is 8.61. The number of hydrogen-bond donors (Lipinski definition) is 3. The van der Waals surface area contributed by atoms with Crippen molar-refractivity contribution in [3.8, 4) is 5.75 Å². The minimum atomic E-state index is -2.67. The van der Waals surface area contributed by atoms with Crippen LogP contribution in [0.2, 0.25) is 0 Å². The third-order valence-corrected chi connectivity index (χ3v) is 10.8. The zero-order valence-corrected chi connectivity index (χ0v) is 25.2. The highest BCUT2D eigenvalue weighted by Crippen LogP contribution is 2.53. The van der Waals surface area contributed by atoms with Gasteiger partial charge in [0.1, 0.15) is 5.75 Å². The number of hydrogen-bond acceptors (Lipinski definition) is 8. The fraction of sp³-hybridized carbons (Fsp3) is 0.514. The Morgan fingerprint density at radius 1 is 1.02 bits per heavy atom. The second-order valence-electron chi connectivity index (χ2n) is 13.7. The van der Waals surface area contributed by atoms with Crippen molar-refractivity contribution in [2.75, 3.05) is 13.1 Å². The van der Waals surface area contributed by atoms with Gasteiger partial charge in [0, 0.05) is 18.4 Å². The molecule has 2 aromatic rings. The third-order valence-electron chi connectivity index (χ3n) is 10.8. The van der Waals surface area contributed by atoms with E-state index >= 15 is 0 Å². The van der Waals surface area contributed by atoms with Crippen molar-refractivity contribution in [1.82, 2.24) is 4.90 Å². The molecule has 0 bridgehead atoms. The van der Waals surface area contributed by atoms with Gasteiger partial charge < -0.3 is 15.9 Å². The molecule has 2 aromatic carbocycles. The molecule has 6 rings (SSSR count). The maximum absolute atomic E-state index is 14.0. The van der Waals surface area contributed by atoms with Gasteiger partial charge in [-0.15, -0.1) is 0 Å². The quantitative estimate of drug-likeness (QED) is 0.428. The summed E-state index contributed by atoms with van der Waals surface area (Å²) in [5.41, 5.74) is 5.78. The molecular weight excluding hydrogens is 560 g/mol. The molecule has 2 saturated carbocycles. The summed E-state index contributed by atoms with van der Waals surface area (Å²) in [6.45, 7) is 6.32. The van der Waals surface area contributed by atoms with Crippen LogP contribution in [0.5, 0.6) is 5.75 Å². The number of amides is 1. The zero-order valence-electron chi connectivity index (χ0n) is 25.2. The Bertz CT molecular complexity index is 1530. The Balaban J connectivity index is 1.27. The number of Topliss-reactive ketones (excluding diaryl/α,β-unsaturated/α-hetero) is 4. The number of rotatable bonds is 6. The summed E-state index contributed by atoms with van der Waals surface area (Å²) < 4.78 is 0. The molecular formula is C35H40N2O7. The number of nitrogens with two attached hydrogens (primary N) is 1. The lowest BCUT2D eigenvalue weighted by Gasteiger charge is -2.52. The summed E-state index contributed by atoms with van der Waals surface area (Å²) in [7, 11) is 0. The number of phenolic OH excluding ortho intramolecular Hbond substituents is 1. The summed E-state index contributed by atoms with van der Waals surface area (Å²) in [5, 5.41) is 22.6. The van der Waals surface area contributed by atoms with Crippen LogP contribution in [-0.2, 0) is 38.6 Å². The number of carbonyl (C=O) groups is 5. The monoisotopic (exact) mass is 600 g/mol. The Hall–Kier alpha value is -3.69. The number of carbonyl (C=O) groups excluding carboxylic acids is 5. The van der Waals surface area contributed by atoms with Gasteiger partial charge in [-0.3, -0.25) is 28.9 Å². The molecule has 3 fully saturated rings. The van der Waals surface area contributed by atoms with Crippen LogP contribution >= 0.6 is 0 Å². The van der Waals surface area contributed by atoms with E-state index in [4.69, 9.17) is 5.73 Å². The first-order valence-corrected chi connectivity index (χ1v) is 15.7. The predicted octanol–water partition coefficient (Wildman–Crippen LogP) is 2.66. The fourth-order valence-electron chi connectivity index (χ4n) is 8.61. The SMILES string of the molecule is CC(C)[C@@H]1C(=O)C(C(N)=O)C(=O)[C@@]2(O)C(=O)C3C(=O)c4c(O)ccc(CC5CCN(Cc6ccccc6)CC5)c4C[C@H]3C[C@@H]12. The minimum Gasteiger partial charge on any atom is -0.507 e. The summed E-state index contributed by atoms with van der Waals surface area (Å²) in [6, 6.07) is 13.7. The molecule has 4 aliphatic rings. The first-order chi connectivity index (χ1) is 20.9. The molecule has 0 radical (unpaired) electrons. The number of ketones is 4. The van der Waals surface area contributed by atoms with E-state index in [9.17, 15) is 34.2 Å². The molecule has 1 heterocycles. The molecule has 9 heteroatoms. The van der Waals surface area contributed by atoms with E-state index < -0.39 is 64.2 Å². The third kappa shape index (κ3) is 4.81. The van der Waals surface area contributed by atoms with Gasteiger partial charge in [-0.2, -0.15) is 0 Å². The molecule has 3 aliphatic carbocycles. The highest BCUT2D eigenvalue weighted by molar-refractivity contribution is 6.31. The summed E-state index contributed by atoms with van der Waals surface area (Å²) in [4.78, 5) is 69.4. The van der Waals surface area contributed by atoms with Crippen LogP contribution in [0.4, 0.5) is 0 Å². The normalized spacial score (nSPS) is 31.0. The highest BCUT2D eigenvalue weighted by Gasteiger charge is 2.69. The number of nitrogens with zero attached hydrogens (tertiary/aromatic N) is 1. The predicted molar refractivity (Wildman–Crippen MR) is 160 cm³/mol. The van der Waals surface area contributed by atoms with E-state index in [1.807, 2.05) is 24.3 Å². The van der Waals surface area contributed by atoms with Crippen LogP contribution in [0, 0.1) is 41.4 Å². The van der Waals surface area contributed by atoms with Gasteiger partial charge >= 0.3 is 0 Å². The molecule has 1 aliphatic heterocycles. The number of fused-ring (bicyclic) bond motifs is 3. The molecule has 0 aromatic heterocycles. The van der Waals surface area contributed by atoms with Crippen LogP contribution in [0.15, 0.2) is 42.5 Å². The maximum atomic E-state index is 14.0. The number of piperidine rings is 1. The van der Waals surface area contributed by atoms with Crippen LogP contribution in [-0.4, -0.2) is 62.8 Å². The molecule has 9 nitrogen and oxygen atoms in total. The first-order valence-electron chi connectivity index (χ1n) is 15.7. The van der Waals surface area contributed by atoms with E-state index in [0.717, 1.165) is 44.5 Å². The largest absolute Gasteiger partial charge is 0.507 e. The molecule has 0 spiro atoms. The number of benzene rings is 2. The topological polar surface area (TPSA) is 155 Å². The molecule has 4 N–H and O–H groups in total. The molecule has 1 amide bonds. The summed E-state index contributed by atoms with van der Waals surface area (Å²) >= 11 is 0. The van der Waals surface area contributed by atoms with Gasteiger partial charge in [0.05, 0.1) is 11.5 Å². The van der Waals surface area contributed by atoms with Gasteiger partial charge in [-0.05, 0) is 85.7 Å². The lowest BCUT2D eigenvalue weighted by atomic mass is 9.49. The molecule has 44 heavy (non-hydrogen) atoms. The van der Waals surface area contributed by atoms with Crippen molar-refractivity contribution in [3.05, 3.63) is 64.7 Å². The van der Waals surface area contributed by atoms with Crippen molar-refractivity contribution >= 4 is 29.0 Å². The summed E-state index contributed by atoms with van der Waals surface area (Å²) in [6.07, 6.45) is 3.14. The van der Waals surface area contributed by atoms with Crippen LogP contribution < -0.4 is 5.73 Å². The number of aliphatic hydroxyl groups is 1.